The molecule has 2 rings (SSSR count). The number of carbonyl (C=O) groups is 1. The van der Waals surface area contributed by atoms with Crippen molar-refractivity contribution in [1.82, 2.24) is 10.3 Å². The van der Waals surface area contributed by atoms with Gasteiger partial charge in [0.15, 0.2) is 0 Å². The molecule has 0 saturated heterocycles. The van der Waals surface area contributed by atoms with Crippen molar-refractivity contribution in [3.8, 4) is 0 Å². The molecule has 4 nitrogen and oxygen atoms in total. The molecule has 1 aliphatic rings. The van der Waals surface area contributed by atoms with Crippen LogP contribution in [0.4, 0.5) is 0 Å². The standard InChI is InChI=1S/C13H19N3O/c1-10-5-4-8-15-11(10)12(17)16-13(9-14)6-2-3-7-13/h4-5,8H,2-3,6-7,9,14H2,1H3,(H,16,17). The number of nitrogens with two attached hydrogens (primary N) is 1. The second-order valence-electron chi connectivity index (χ2n) is 4.81. The van der Waals surface area contributed by atoms with Crippen molar-refractivity contribution in [2.75, 3.05) is 6.54 Å². The molecule has 4 heteroatoms. The Hall–Kier alpha value is -1.42. The molecule has 0 aliphatic heterocycles. The van der Waals surface area contributed by atoms with Gasteiger partial charge in [0, 0.05) is 12.7 Å². The van der Waals surface area contributed by atoms with Crippen LogP contribution in [0, 0.1) is 6.92 Å². The molecular formula is C13H19N3O. The molecule has 1 fully saturated rings. The molecule has 3 N–H and O–H groups in total. The molecule has 1 aromatic rings. The molecule has 92 valence electrons. The monoisotopic (exact) mass is 233 g/mol. The van der Waals surface area contributed by atoms with E-state index in [9.17, 15) is 4.79 Å². The first-order chi connectivity index (χ1) is 8.17. The topological polar surface area (TPSA) is 68.0 Å². The van der Waals surface area contributed by atoms with Crippen LogP contribution in [0.3, 0.4) is 0 Å². The minimum absolute atomic E-state index is 0.101. The van der Waals surface area contributed by atoms with Crippen molar-refractivity contribution in [2.24, 2.45) is 5.73 Å². The Bertz CT molecular complexity index is 411. The van der Waals surface area contributed by atoms with E-state index < -0.39 is 0 Å². The summed E-state index contributed by atoms with van der Waals surface area (Å²) in [4.78, 5) is 16.3. The first kappa shape index (κ1) is 12.0. The van der Waals surface area contributed by atoms with E-state index in [0.717, 1.165) is 31.2 Å². The van der Waals surface area contributed by atoms with Crippen molar-refractivity contribution in [2.45, 2.75) is 38.1 Å². The molecule has 0 spiro atoms. The van der Waals surface area contributed by atoms with Gasteiger partial charge in [-0.15, -0.1) is 0 Å². The number of hydrogen-bond acceptors (Lipinski definition) is 3. The third-order valence-corrected chi connectivity index (χ3v) is 3.55. The summed E-state index contributed by atoms with van der Waals surface area (Å²) in [7, 11) is 0. The zero-order chi connectivity index (χ0) is 12.3. The Labute approximate surface area is 102 Å². The van der Waals surface area contributed by atoms with Crippen LogP contribution >= 0.6 is 0 Å². The Kier molecular flexibility index (Phi) is 3.43. The van der Waals surface area contributed by atoms with E-state index in [1.165, 1.54) is 0 Å². The molecule has 0 bridgehead atoms. The SMILES string of the molecule is Cc1cccnc1C(=O)NC1(CN)CCCC1. The second-order valence-corrected chi connectivity index (χ2v) is 4.81. The van der Waals surface area contributed by atoms with Crippen molar-refractivity contribution in [3.63, 3.8) is 0 Å². The molecule has 1 aliphatic carbocycles. The summed E-state index contributed by atoms with van der Waals surface area (Å²) in [5.74, 6) is -0.101. The molecule has 1 saturated carbocycles. The van der Waals surface area contributed by atoms with Gasteiger partial charge in [-0.25, -0.2) is 0 Å². The minimum atomic E-state index is -0.207. The quantitative estimate of drug-likeness (QED) is 0.829. The highest BCUT2D eigenvalue weighted by atomic mass is 16.2. The van der Waals surface area contributed by atoms with Crippen molar-refractivity contribution >= 4 is 5.91 Å². The third kappa shape index (κ3) is 2.47. The number of rotatable bonds is 3. The summed E-state index contributed by atoms with van der Waals surface area (Å²) < 4.78 is 0. The number of aromatic nitrogens is 1. The summed E-state index contributed by atoms with van der Waals surface area (Å²) in [5.41, 5.74) is 7.00. The van der Waals surface area contributed by atoms with Crippen molar-refractivity contribution < 1.29 is 4.79 Å². The Morgan fingerprint density at radius 1 is 1.53 bits per heavy atom. The maximum absolute atomic E-state index is 12.2. The Morgan fingerprint density at radius 3 is 2.82 bits per heavy atom. The Morgan fingerprint density at radius 2 is 2.24 bits per heavy atom. The number of amides is 1. The van der Waals surface area contributed by atoms with Crippen LogP contribution in [0.5, 0.6) is 0 Å². The van der Waals surface area contributed by atoms with E-state index in [0.29, 0.717) is 12.2 Å². The summed E-state index contributed by atoms with van der Waals surface area (Å²) in [6.07, 6.45) is 5.87. The summed E-state index contributed by atoms with van der Waals surface area (Å²) in [6, 6.07) is 3.73. The highest BCUT2D eigenvalue weighted by Crippen LogP contribution is 2.28. The van der Waals surface area contributed by atoms with Crippen LogP contribution in [-0.4, -0.2) is 23.0 Å². The number of hydrogen-bond donors (Lipinski definition) is 2. The van der Waals surface area contributed by atoms with Gasteiger partial charge in [-0.05, 0) is 31.4 Å². The van der Waals surface area contributed by atoms with Crippen LogP contribution in [0.1, 0.15) is 41.7 Å². The molecule has 0 aromatic carbocycles. The largest absolute Gasteiger partial charge is 0.344 e. The van der Waals surface area contributed by atoms with Crippen LogP contribution < -0.4 is 11.1 Å². The van der Waals surface area contributed by atoms with E-state index in [1.807, 2.05) is 19.1 Å². The lowest BCUT2D eigenvalue weighted by atomic mass is 9.97. The molecular weight excluding hydrogens is 214 g/mol. The van der Waals surface area contributed by atoms with Crippen molar-refractivity contribution in [3.05, 3.63) is 29.6 Å². The lowest BCUT2D eigenvalue weighted by Gasteiger charge is -2.28. The molecule has 0 atom stereocenters. The lowest BCUT2D eigenvalue weighted by molar-refractivity contribution is 0.0897. The molecule has 17 heavy (non-hydrogen) atoms. The predicted molar refractivity (Wildman–Crippen MR) is 66.7 cm³/mol. The molecule has 0 radical (unpaired) electrons. The summed E-state index contributed by atoms with van der Waals surface area (Å²) >= 11 is 0. The summed E-state index contributed by atoms with van der Waals surface area (Å²) in [6.45, 7) is 2.40. The smallest absolute Gasteiger partial charge is 0.270 e. The average molecular weight is 233 g/mol. The number of pyridine rings is 1. The lowest BCUT2D eigenvalue weighted by Crippen LogP contribution is -2.51. The van der Waals surface area contributed by atoms with Crippen LogP contribution in [0.2, 0.25) is 0 Å². The van der Waals surface area contributed by atoms with Crippen LogP contribution in [0.25, 0.3) is 0 Å². The third-order valence-electron chi connectivity index (χ3n) is 3.55. The highest BCUT2D eigenvalue weighted by molar-refractivity contribution is 5.94. The molecule has 1 amide bonds. The number of nitrogens with zero attached hydrogens (tertiary/aromatic N) is 1. The minimum Gasteiger partial charge on any atom is -0.344 e. The fourth-order valence-corrected chi connectivity index (χ4v) is 2.46. The number of nitrogens with one attached hydrogen (secondary N) is 1. The highest BCUT2D eigenvalue weighted by Gasteiger charge is 2.34. The van der Waals surface area contributed by atoms with Crippen LogP contribution in [0.15, 0.2) is 18.3 Å². The van der Waals surface area contributed by atoms with Gasteiger partial charge in [-0.1, -0.05) is 18.9 Å². The average Bonchev–Trinajstić information content (AvgIpc) is 2.79. The Balaban J connectivity index is 2.14. The fourth-order valence-electron chi connectivity index (χ4n) is 2.46. The first-order valence-corrected chi connectivity index (χ1v) is 6.11. The maximum Gasteiger partial charge on any atom is 0.270 e. The van der Waals surface area contributed by atoms with Gasteiger partial charge >= 0.3 is 0 Å². The van der Waals surface area contributed by atoms with E-state index in [-0.39, 0.29) is 11.4 Å². The predicted octanol–water partition coefficient (Wildman–Crippen LogP) is 1.39. The van der Waals surface area contributed by atoms with Crippen molar-refractivity contribution in [1.29, 1.82) is 0 Å². The van der Waals surface area contributed by atoms with E-state index in [2.05, 4.69) is 10.3 Å². The maximum atomic E-state index is 12.2. The van der Waals surface area contributed by atoms with Gasteiger partial charge in [-0.3, -0.25) is 9.78 Å². The van der Waals surface area contributed by atoms with Gasteiger partial charge in [0.25, 0.3) is 5.91 Å². The zero-order valence-corrected chi connectivity index (χ0v) is 10.2. The second kappa shape index (κ2) is 4.84. The van der Waals surface area contributed by atoms with E-state index in [4.69, 9.17) is 5.73 Å². The molecule has 1 aromatic heterocycles. The van der Waals surface area contributed by atoms with Crippen LogP contribution in [-0.2, 0) is 0 Å². The van der Waals surface area contributed by atoms with Gasteiger partial charge in [0.05, 0.1) is 5.54 Å². The van der Waals surface area contributed by atoms with Gasteiger partial charge in [0.1, 0.15) is 5.69 Å². The zero-order valence-electron chi connectivity index (χ0n) is 10.2. The van der Waals surface area contributed by atoms with Gasteiger partial charge in [0.2, 0.25) is 0 Å². The first-order valence-electron chi connectivity index (χ1n) is 6.11. The van der Waals surface area contributed by atoms with Gasteiger partial charge in [-0.2, -0.15) is 0 Å². The van der Waals surface area contributed by atoms with Gasteiger partial charge < -0.3 is 11.1 Å². The number of aryl methyl sites for hydroxylation is 1. The fraction of sp³-hybridized carbons (Fsp3) is 0.538. The van der Waals surface area contributed by atoms with E-state index >= 15 is 0 Å². The normalized spacial score (nSPS) is 18.0. The van der Waals surface area contributed by atoms with E-state index in [1.54, 1.807) is 6.20 Å². The number of carbonyl (C=O) groups excluding carboxylic acids is 1. The summed E-state index contributed by atoms with van der Waals surface area (Å²) in [5, 5.41) is 3.07. The molecule has 1 heterocycles. The molecule has 0 unspecified atom stereocenters.